The number of pyridine rings is 1. The van der Waals surface area contributed by atoms with Crippen LogP contribution < -0.4 is 20.1 Å². The van der Waals surface area contributed by atoms with Gasteiger partial charge in [-0.2, -0.15) is 0 Å². The van der Waals surface area contributed by atoms with Crippen LogP contribution in [0.4, 0.5) is 25.0 Å². The molecule has 34 heavy (non-hydrogen) atoms. The topological polar surface area (TPSA) is 116 Å². The van der Waals surface area contributed by atoms with Gasteiger partial charge in [-0.3, -0.25) is 10.1 Å². The van der Waals surface area contributed by atoms with E-state index in [9.17, 15) is 23.7 Å². The molecular formula is C22H21BrF2N4O5. The van der Waals surface area contributed by atoms with E-state index in [4.69, 9.17) is 9.47 Å². The molecule has 0 fully saturated rings. The minimum atomic E-state index is -0.998. The normalized spacial score (nSPS) is 10.7. The number of amides is 1. The van der Waals surface area contributed by atoms with Crippen molar-refractivity contribution in [2.45, 2.75) is 19.8 Å². The number of benzene rings is 2. The highest BCUT2D eigenvalue weighted by molar-refractivity contribution is 9.10. The summed E-state index contributed by atoms with van der Waals surface area (Å²) in [6.07, 6.45) is 1.30. The van der Waals surface area contributed by atoms with E-state index in [0.29, 0.717) is 42.0 Å². The van der Waals surface area contributed by atoms with Crippen molar-refractivity contribution < 1.29 is 28.0 Å². The Hall–Kier alpha value is -3.54. The molecule has 0 saturated carbocycles. The molecule has 12 heteroatoms. The molecule has 2 N–H and O–H groups in total. The van der Waals surface area contributed by atoms with E-state index in [1.54, 1.807) is 25.1 Å². The van der Waals surface area contributed by atoms with Crippen molar-refractivity contribution in [3.63, 3.8) is 0 Å². The van der Waals surface area contributed by atoms with Gasteiger partial charge in [0, 0.05) is 35.1 Å². The summed E-state index contributed by atoms with van der Waals surface area (Å²) in [4.78, 5) is 26.7. The maximum atomic E-state index is 14.2. The molecule has 0 unspecified atom stereocenters. The highest BCUT2D eigenvalue weighted by Crippen LogP contribution is 2.34. The van der Waals surface area contributed by atoms with Crippen LogP contribution in [0, 0.1) is 21.7 Å². The molecule has 3 rings (SSSR count). The van der Waals surface area contributed by atoms with Gasteiger partial charge in [-0.1, -0.05) is 15.9 Å². The monoisotopic (exact) mass is 538 g/mol. The Labute approximate surface area is 201 Å². The summed E-state index contributed by atoms with van der Waals surface area (Å²) in [6.45, 7) is 2.35. The van der Waals surface area contributed by atoms with Gasteiger partial charge in [0.2, 0.25) is 0 Å². The molecule has 1 amide bonds. The molecule has 3 aromatic rings. The van der Waals surface area contributed by atoms with Gasteiger partial charge in [0.25, 0.3) is 0 Å². The first-order valence-electron chi connectivity index (χ1n) is 10.3. The third-order valence-corrected chi connectivity index (χ3v) is 5.12. The van der Waals surface area contributed by atoms with E-state index in [2.05, 4.69) is 31.5 Å². The first kappa shape index (κ1) is 25.1. The van der Waals surface area contributed by atoms with Crippen molar-refractivity contribution >= 4 is 44.3 Å². The Balaban J connectivity index is 1.61. The predicted octanol–water partition coefficient (Wildman–Crippen LogP) is 5.56. The molecule has 9 nitrogen and oxygen atoms in total. The molecule has 0 radical (unpaired) electrons. The number of aromatic nitrogens is 1. The number of carbonyl (C=O) groups excluding carboxylic acids is 1. The van der Waals surface area contributed by atoms with E-state index < -0.39 is 22.7 Å². The molecule has 0 bridgehead atoms. The summed E-state index contributed by atoms with van der Waals surface area (Å²) in [6, 6.07) is 6.78. The molecule has 1 aromatic heterocycles. The lowest BCUT2D eigenvalue weighted by molar-refractivity contribution is -0.384. The quantitative estimate of drug-likeness (QED) is 0.197. The third kappa shape index (κ3) is 6.28. The van der Waals surface area contributed by atoms with Gasteiger partial charge in [0.05, 0.1) is 17.0 Å². The lowest BCUT2D eigenvalue weighted by Crippen LogP contribution is -2.26. The lowest BCUT2D eigenvalue weighted by Gasteiger charge is -2.13. The van der Waals surface area contributed by atoms with Gasteiger partial charge in [-0.05, 0) is 38.0 Å². The highest BCUT2D eigenvalue weighted by Gasteiger charge is 2.19. The molecular weight excluding hydrogens is 518 g/mol. The van der Waals surface area contributed by atoms with E-state index >= 15 is 0 Å². The van der Waals surface area contributed by atoms with Gasteiger partial charge in [0.1, 0.15) is 17.7 Å². The Bertz CT molecular complexity index is 1210. The molecule has 0 aliphatic carbocycles. The zero-order chi connectivity index (χ0) is 24.7. The van der Waals surface area contributed by atoms with E-state index in [1.165, 1.54) is 6.20 Å². The van der Waals surface area contributed by atoms with Gasteiger partial charge < -0.3 is 20.1 Å². The number of rotatable bonds is 10. The fourth-order valence-electron chi connectivity index (χ4n) is 3.13. The SMILES string of the molecule is CCNC(=O)Oc1cc(F)cc(F)c1OCCCCNc1c([N+](=O)[O-])cnc2ccc(Br)cc12. The number of carbonyl (C=O) groups is 1. The molecule has 0 aliphatic rings. The second kappa shape index (κ2) is 11.5. The van der Waals surface area contributed by atoms with Gasteiger partial charge in [0.15, 0.2) is 17.3 Å². The lowest BCUT2D eigenvalue weighted by atomic mass is 10.1. The van der Waals surface area contributed by atoms with Crippen molar-refractivity contribution in [3.8, 4) is 11.5 Å². The second-order valence-corrected chi connectivity index (χ2v) is 7.97. The maximum absolute atomic E-state index is 14.2. The number of fused-ring (bicyclic) bond motifs is 1. The fourth-order valence-corrected chi connectivity index (χ4v) is 3.49. The summed E-state index contributed by atoms with van der Waals surface area (Å²) in [7, 11) is 0. The minimum absolute atomic E-state index is 0.0424. The maximum Gasteiger partial charge on any atom is 0.412 e. The number of hydrogen-bond acceptors (Lipinski definition) is 7. The van der Waals surface area contributed by atoms with Crippen molar-refractivity contribution in [2.24, 2.45) is 0 Å². The van der Waals surface area contributed by atoms with Crippen LogP contribution in [0.15, 0.2) is 41.0 Å². The highest BCUT2D eigenvalue weighted by atomic mass is 79.9. The van der Waals surface area contributed by atoms with Gasteiger partial charge >= 0.3 is 11.8 Å². The molecule has 1 heterocycles. The van der Waals surface area contributed by atoms with Crippen LogP contribution in [0.1, 0.15) is 19.8 Å². The van der Waals surface area contributed by atoms with Gasteiger partial charge in [-0.15, -0.1) is 0 Å². The molecule has 0 atom stereocenters. The van der Waals surface area contributed by atoms with Crippen LogP contribution in [0.5, 0.6) is 11.5 Å². The second-order valence-electron chi connectivity index (χ2n) is 7.05. The fraction of sp³-hybridized carbons (Fsp3) is 0.273. The summed E-state index contributed by atoms with van der Waals surface area (Å²) in [5.41, 5.74) is 0.799. The Kier molecular flexibility index (Phi) is 8.52. The largest absolute Gasteiger partial charge is 0.487 e. The van der Waals surface area contributed by atoms with Crippen molar-refractivity contribution in [2.75, 3.05) is 25.0 Å². The Morgan fingerprint density at radius 1 is 1.24 bits per heavy atom. The number of anilines is 1. The summed E-state index contributed by atoms with van der Waals surface area (Å²) in [5.74, 6) is -2.65. The third-order valence-electron chi connectivity index (χ3n) is 4.62. The van der Waals surface area contributed by atoms with E-state index in [1.807, 2.05) is 0 Å². The van der Waals surface area contributed by atoms with Crippen molar-refractivity contribution in [3.05, 3.63) is 62.8 Å². The zero-order valence-corrected chi connectivity index (χ0v) is 19.7. The zero-order valence-electron chi connectivity index (χ0n) is 18.1. The van der Waals surface area contributed by atoms with Crippen LogP contribution in [-0.4, -0.2) is 35.7 Å². The Morgan fingerprint density at radius 2 is 2.03 bits per heavy atom. The minimum Gasteiger partial charge on any atom is -0.487 e. The molecule has 0 spiro atoms. The molecule has 180 valence electrons. The van der Waals surface area contributed by atoms with Crippen LogP contribution in [0.25, 0.3) is 10.9 Å². The summed E-state index contributed by atoms with van der Waals surface area (Å²) >= 11 is 3.36. The van der Waals surface area contributed by atoms with Crippen molar-refractivity contribution in [1.82, 2.24) is 10.3 Å². The number of hydrogen-bond donors (Lipinski definition) is 2. The first-order valence-corrected chi connectivity index (χ1v) is 11.1. The average Bonchev–Trinajstić information content (AvgIpc) is 2.77. The molecule has 2 aromatic carbocycles. The van der Waals surface area contributed by atoms with Crippen LogP contribution in [0.2, 0.25) is 0 Å². The number of ether oxygens (including phenoxy) is 2. The first-order chi connectivity index (χ1) is 16.3. The van der Waals surface area contributed by atoms with Crippen LogP contribution in [0.3, 0.4) is 0 Å². The standard InChI is InChI=1S/C22H21BrF2N4O5/c1-2-26-22(30)34-19-11-14(24)10-16(25)21(19)33-8-4-3-7-27-20-15-9-13(23)5-6-17(15)28-12-18(20)29(31)32/h5-6,9-12H,2-4,7-8H2,1H3,(H,26,30)(H,27,28). The van der Waals surface area contributed by atoms with Crippen LogP contribution in [-0.2, 0) is 0 Å². The predicted molar refractivity (Wildman–Crippen MR) is 125 cm³/mol. The summed E-state index contributed by atoms with van der Waals surface area (Å²) < 4.78 is 38.8. The average molecular weight is 539 g/mol. The van der Waals surface area contributed by atoms with Gasteiger partial charge in [-0.25, -0.2) is 18.6 Å². The van der Waals surface area contributed by atoms with Crippen LogP contribution >= 0.6 is 15.9 Å². The smallest absolute Gasteiger partial charge is 0.412 e. The number of unbranched alkanes of at least 4 members (excludes halogenated alkanes) is 1. The number of nitrogens with zero attached hydrogens (tertiary/aromatic N) is 2. The summed E-state index contributed by atoms with van der Waals surface area (Å²) in [5, 5.41) is 17.5. The number of halogens is 3. The van der Waals surface area contributed by atoms with Crippen molar-refractivity contribution in [1.29, 1.82) is 0 Å². The molecule has 0 aliphatic heterocycles. The van der Waals surface area contributed by atoms with E-state index in [-0.39, 0.29) is 30.3 Å². The van der Waals surface area contributed by atoms with E-state index in [0.717, 1.165) is 10.5 Å². The number of nitro groups is 1. The number of nitrogens with one attached hydrogen (secondary N) is 2. The molecule has 0 saturated heterocycles. The Morgan fingerprint density at radius 3 is 2.76 bits per heavy atom.